The second-order valence-electron chi connectivity index (χ2n) is 2.94. The number of halogens is 2. The predicted octanol–water partition coefficient (Wildman–Crippen LogP) is 4.87. The van der Waals surface area contributed by atoms with Crippen LogP contribution in [0.15, 0.2) is 26.5 Å². The highest BCUT2D eigenvalue weighted by Crippen LogP contribution is 2.31. The minimum Gasteiger partial charge on any atom is -0.287 e. The molecule has 0 aromatic carbocycles. The molecule has 78 valence electrons. The molecule has 2 heterocycles. The van der Waals surface area contributed by atoms with Crippen LogP contribution in [0, 0.1) is 6.92 Å². The van der Waals surface area contributed by atoms with Gasteiger partial charge in [0.25, 0.3) is 0 Å². The van der Waals surface area contributed by atoms with Gasteiger partial charge in [-0.2, -0.15) is 0 Å². The predicted molar refractivity (Wildman–Crippen MR) is 72.2 cm³/mol. The molecular weight excluding hydrogens is 360 g/mol. The lowest BCUT2D eigenvalue weighted by atomic mass is 10.3. The van der Waals surface area contributed by atoms with E-state index < -0.39 is 0 Å². The third-order valence-electron chi connectivity index (χ3n) is 1.90. The van der Waals surface area contributed by atoms with Crippen LogP contribution < -0.4 is 0 Å². The average molecular weight is 366 g/mol. The first-order chi connectivity index (χ1) is 7.09. The van der Waals surface area contributed by atoms with Crippen LogP contribution >= 0.6 is 54.5 Å². The Kier molecular flexibility index (Phi) is 3.45. The first-order valence-corrected chi connectivity index (χ1v) is 7.41. The molecule has 0 aliphatic rings. The molecule has 0 N–H and O–H groups in total. The molecule has 5 heteroatoms. The molecular formula is C10H6Br2OS2. The molecule has 0 aliphatic heterocycles. The molecule has 0 saturated heterocycles. The zero-order chi connectivity index (χ0) is 11.0. The molecule has 0 amide bonds. The van der Waals surface area contributed by atoms with E-state index in [2.05, 4.69) is 31.9 Å². The van der Waals surface area contributed by atoms with Crippen molar-refractivity contribution >= 4 is 60.3 Å². The average Bonchev–Trinajstić information content (AvgIpc) is 2.74. The summed E-state index contributed by atoms with van der Waals surface area (Å²) in [5.74, 6) is 0.0932. The van der Waals surface area contributed by atoms with E-state index in [9.17, 15) is 4.79 Å². The van der Waals surface area contributed by atoms with Crippen molar-refractivity contribution in [1.82, 2.24) is 0 Å². The fourth-order valence-corrected chi connectivity index (χ4v) is 4.19. The maximum absolute atomic E-state index is 12.1. The molecule has 0 spiro atoms. The quantitative estimate of drug-likeness (QED) is 0.693. The second kappa shape index (κ2) is 4.49. The zero-order valence-corrected chi connectivity index (χ0v) is 12.5. The third-order valence-corrected chi connectivity index (χ3v) is 5.88. The Labute approximate surface area is 112 Å². The van der Waals surface area contributed by atoms with E-state index in [4.69, 9.17) is 0 Å². The van der Waals surface area contributed by atoms with Gasteiger partial charge in [-0.25, -0.2) is 0 Å². The van der Waals surface area contributed by atoms with E-state index in [1.54, 1.807) is 0 Å². The number of hydrogen-bond donors (Lipinski definition) is 0. The smallest absolute Gasteiger partial charge is 0.214 e. The van der Waals surface area contributed by atoms with Gasteiger partial charge in [-0.15, -0.1) is 22.7 Å². The molecule has 2 aromatic rings. The van der Waals surface area contributed by atoms with Gasteiger partial charge in [-0.1, -0.05) is 0 Å². The third kappa shape index (κ3) is 2.25. The summed E-state index contributed by atoms with van der Waals surface area (Å²) in [5.41, 5.74) is 0. The van der Waals surface area contributed by atoms with Crippen molar-refractivity contribution in [2.24, 2.45) is 0 Å². The van der Waals surface area contributed by atoms with E-state index in [0.29, 0.717) is 0 Å². The van der Waals surface area contributed by atoms with Gasteiger partial charge in [0, 0.05) is 13.8 Å². The lowest BCUT2D eigenvalue weighted by molar-refractivity contribution is 0.104. The molecule has 0 fully saturated rings. The summed E-state index contributed by atoms with van der Waals surface area (Å²) < 4.78 is 1.88. The molecule has 1 nitrogen and oxygen atoms in total. The van der Waals surface area contributed by atoms with Crippen molar-refractivity contribution in [2.45, 2.75) is 6.92 Å². The minimum absolute atomic E-state index is 0.0932. The minimum atomic E-state index is 0.0932. The molecule has 0 aliphatic carbocycles. The summed E-state index contributed by atoms with van der Waals surface area (Å²) in [6.45, 7) is 2.00. The fraction of sp³-hybridized carbons (Fsp3) is 0.100. The number of carbonyl (C=O) groups is 1. The van der Waals surface area contributed by atoms with Crippen molar-refractivity contribution in [1.29, 1.82) is 0 Å². The summed E-state index contributed by atoms with van der Waals surface area (Å²) in [4.78, 5) is 14.7. The summed E-state index contributed by atoms with van der Waals surface area (Å²) >= 11 is 9.77. The van der Waals surface area contributed by atoms with Gasteiger partial charge < -0.3 is 0 Å². The zero-order valence-electron chi connectivity index (χ0n) is 7.71. The van der Waals surface area contributed by atoms with Crippen molar-refractivity contribution in [2.75, 3.05) is 0 Å². The molecule has 0 saturated carbocycles. The second-order valence-corrected chi connectivity index (χ2v) is 6.82. The van der Waals surface area contributed by atoms with E-state index in [1.165, 1.54) is 22.7 Å². The Hall–Kier alpha value is 0.0300. The van der Waals surface area contributed by atoms with Crippen LogP contribution in [0.5, 0.6) is 0 Å². The first kappa shape index (κ1) is 11.5. The molecule has 0 unspecified atom stereocenters. The number of thiophene rings is 2. The number of aryl methyl sites for hydroxylation is 1. The van der Waals surface area contributed by atoms with E-state index in [1.807, 2.05) is 24.4 Å². The lowest BCUT2D eigenvalue weighted by Crippen LogP contribution is -1.95. The molecule has 0 atom stereocenters. The molecule has 2 aromatic heterocycles. The topological polar surface area (TPSA) is 17.1 Å². The Bertz CT molecular complexity index is 494. The van der Waals surface area contributed by atoms with E-state index >= 15 is 0 Å². The van der Waals surface area contributed by atoms with Gasteiger partial charge >= 0.3 is 0 Å². The van der Waals surface area contributed by atoms with Gasteiger partial charge in [0.1, 0.15) is 0 Å². The Morgan fingerprint density at radius 3 is 2.53 bits per heavy atom. The molecule has 2 rings (SSSR count). The number of rotatable bonds is 2. The highest BCUT2D eigenvalue weighted by molar-refractivity contribution is 9.11. The van der Waals surface area contributed by atoms with Crippen LogP contribution in [-0.2, 0) is 0 Å². The lowest BCUT2D eigenvalue weighted by Gasteiger charge is -1.93. The van der Waals surface area contributed by atoms with Crippen molar-refractivity contribution in [3.8, 4) is 0 Å². The molecule has 0 radical (unpaired) electrons. The number of hydrogen-bond acceptors (Lipinski definition) is 3. The van der Waals surface area contributed by atoms with Gasteiger partial charge in [0.15, 0.2) is 0 Å². The highest BCUT2D eigenvalue weighted by Gasteiger charge is 2.16. The largest absolute Gasteiger partial charge is 0.287 e. The van der Waals surface area contributed by atoms with Crippen molar-refractivity contribution < 1.29 is 4.79 Å². The highest BCUT2D eigenvalue weighted by atomic mass is 79.9. The monoisotopic (exact) mass is 364 g/mol. The van der Waals surface area contributed by atoms with Crippen LogP contribution in [0.1, 0.15) is 19.4 Å². The summed E-state index contributed by atoms with van der Waals surface area (Å²) in [5, 5.41) is 1.91. The Balaban J connectivity index is 2.41. The summed E-state index contributed by atoms with van der Waals surface area (Å²) in [6, 6.07) is 3.78. The van der Waals surface area contributed by atoms with Crippen LogP contribution in [0.4, 0.5) is 0 Å². The van der Waals surface area contributed by atoms with Gasteiger partial charge in [-0.3, -0.25) is 4.79 Å². The summed E-state index contributed by atoms with van der Waals surface area (Å²) in [7, 11) is 0. The van der Waals surface area contributed by atoms with E-state index in [-0.39, 0.29) is 5.78 Å². The standard InChI is InChI=1S/C10H6Br2OS2/c1-5-7(12)4-8(15-5)9(13)10-6(11)2-3-14-10/h2-4H,1H3. The molecule has 15 heavy (non-hydrogen) atoms. The van der Waals surface area contributed by atoms with Crippen molar-refractivity contribution in [3.63, 3.8) is 0 Å². The van der Waals surface area contributed by atoms with Crippen LogP contribution in [0.2, 0.25) is 0 Å². The van der Waals surface area contributed by atoms with Gasteiger partial charge in [0.05, 0.1) is 9.75 Å². The number of ketones is 1. The summed E-state index contributed by atoms with van der Waals surface area (Å²) in [6.07, 6.45) is 0. The SMILES string of the molecule is Cc1sc(C(=O)c2sccc2Br)cc1Br. The van der Waals surface area contributed by atoms with Gasteiger partial charge in [-0.05, 0) is 56.3 Å². The first-order valence-electron chi connectivity index (χ1n) is 4.13. The molecule has 0 bridgehead atoms. The normalized spacial score (nSPS) is 10.6. The Morgan fingerprint density at radius 1 is 1.33 bits per heavy atom. The Morgan fingerprint density at radius 2 is 2.07 bits per heavy atom. The van der Waals surface area contributed by atoms with Crippen molar-refractivity contribution in [3.05, 3.63) is 41.1 Å². The van der Waals surface area contributed by atoms with Crippen LogP contribution in [0.3, 0.4) is 0 Å². The maximum atomic E-state index is 12.1. The van der Waals surface area contributed by atoms with Gasteiger partial charge in [0.2, 0.25) is 5.78 Å². The van der Waals surface area contributed by atoms with E-state index in [0.717, 1.165) is 23.6 Å². The maximum Gasteiger partial charge on any atom is 0.214 e. The van der Waals surface area contributed by atoms with Crippen LogP contribution in [0.25, 0.3) is 0 Å². The van der Waals surface area contributed by atoms with Crippen LogP contribution in [-0.4, -0.2) is 5.78 Å². The number of carbonyl (C=O) groups excluding carboxylic acids is 1. The fourth-order valence-electron chi connectivity index (χ4n) is 1.14.